The summed E-state index contributed by atoms with van der Waals surface area (Å²) in [5, 5.41) is 8.54. The van der Waals surface area contributed by atoms with Gasteiger partial charge in [-0.15, -0.1) is 11.8 Å². The lowest BCUT2D eigenvalue weighted by Gasteiger charge is -2.29. The maximum atomic E-state index is 13.3. The first-order valence-electron chi connectivity index (χ1n) is 12.6. The van der Waals surface area contributed by atoms with E-state index in [0.29, 0.717) is 37.0 Å². The molecule has 1 amide bonds. The standard InChI is InChI=1S/C21H24F3N3O3S3.C5H13N/c22-21(23,24)33(29)19-13-17(32-25)6-7-18(19)26-15(14-31-16-4-2-1-3-5-16)12-20(28)27-8-10-30-11-9-27;1-4-6(3)5-2/h1-7,13,15,26H,8-12,14,25H2;4-5H2,1-3H3. The number of rotatable bonds is 11. The summed E-state index contributed by atoms with van der Waals surface area (Å²) in [4.78, 5) is 17.7. The van der Waals surface area contributed by atoms with Crippen LogP contribution in [-0.4, -0.2) is 83.7 Å². The smallest absolute Gasteiger partial charge is 0.380 e. The molecule has 3 N–H and O–H groups in total. The number of amides is 1. The van der Waals surface area contributed by atoms with E-state index in [0.717, 1.165) is 29.9 Å². The van der Waals surface area contributed by atoms with Gasteiger partial charge in [0, 0.05) is 41.1 Å². The molecule has 0 spiro atoms. The highest BCUT2D eigenvalue weighted by Crippen LogP contribution is 2.34. The van der Waals surface area contributed by atoms with Gasteiger partial charge in [0.1, 0.15) is 0 Å². The molecule has 2 unspecified atom stereocenters. The van der Waals surface area contributed by atoms with Crippen LogP contribution in [-0.2, 0) is 20.3 Å². The Morgan fingerprint density at radius 1 is 1.13 bits per heavy atom. The molecule has 1 aliphatic rings. The van der Waals surface area contributed by atoms with Crippen LogP contribution in [0.1, 0.15) is 20.3 Å². The number of carbonyl (C=O) groups is 1. The molecule has 2 aromatic carbocycles. The van der Waals surface area contributed by atoms with Crippen molar-refractivity contribution in [3.8, 4) is 0 Å². The van der Waals surface area contributed by atoms with Crippen LogP contribution >= 0.6 is 23.7 Å². The summed E-state index contributed by atoms with van der Waals surface area (Å²) in [7, 11) is -1.14. The predicted molar refractivity (Wildman–Crippen MR) is 154 cm³/mol. The van der Waals surface area contributed by atoms with Gasteiger partial charge in [-0.05, 0) is 62.4 Å². The van der Waals surface area contributed by atoms with Crippen LogP contribution in [0.3, 0.4) is 0 Å². The number of nitrogens with zero attached hydrogens (tertiary/aromatic N) is 2. The van der Waals surface area contributed by atoms with Crippen molar-refractivity contribution in [3.05, 3.63) is 48.5 Å². The fourth-order valence-electron chi connectivity index (χ4n) is 3.43. The normalized spacial score (nSPS) is 15.3. The molecule has 2 aromatic rings. The first kappa shape index (κ1) is 33.4. The third-order valence-electron chi connectivity index (χ3n) is 5.92. The van der Waals surface area contributed by atoms with Crippen LogP contribution < -0.4 is 10.5 Å². The Balaban J connectivity index is 0.000000798. The first-order valence-corrected chi connectivity index (χ1v) is 15.6. The lowest BCUT2D eigenvalue weighted by molar-refractivity contribution is -0.135. The number of nitrogens with one attached hydrogen (secondary N) is 1. The molecule has 1 aliphatic heterocycles. The van der Waals surface area contributed by atoms with Gasteiger partial charge in [0.05, 0.1) is 23.8 Å². The molecule has 218 valence electrons. The molecule has 39 heavy (non-hydrogen) atoms. The van der Waals surface area contributed by atoms with Crippen molar-refractivity contribution in [3.63, 3.8) is 0 Å². The van der Waals surface area contributed by atoms with Crippen LogP contribution in [0.25, 0.3) is 0 Å². The Labute approximate surface area is 240 Å². The molecular weight excluding hydrogens is 570 g/mol. The fourth-order valence-corrected chi connectivity index (χ4v) is 5.60. The zero-order chi connectivity index (χ0) is 28.8. The topological polar surface area (TPSA) is 87.9 Å². The summed E-state index contributed by atoms with van der Waals surface area (Å²) in [6.45, 7) is 8.50. The third kappa shape index (κ3) is 11.7. The number of hydrogen-bond donors (Lipinski definition) is 2. The van der Waals surface area contributed by atoms with Crippen molar-refractivity contribution in [1.29, 1.82) is 0 Å². The number of thioether (sulfide) groups is 1. The zero-order valence-electron chi connectivity index (χ0n) is 22.4. The molecule has 0 aliphatic carbocycles. The molecule has 1 fully saturated rings. The third-order valence-corrected chi connectivity index (χ3v) is 8.78. The van der Waals surface area contributed by atoms with E-state index in [9.17, 15) is 22.2 Å². The molecule has 7 nitrogen and oxygen atoms in total. The molecule has 0 aromatic heterocycles. The molecule has 13 heteroatoms. The molecule has 0 bridgehead atoms. The Bertz CT molecular complexity index is 1040. The monoisotopic (exact) mass is 606 g/mol. The second kappa shape index (κ2) is 17.1. The lowest BCUT2D eigenvalue weighted by atomic mass is 10.2. The van der Waals surface area contributed by atoms with Crippen molar-refractivity contribution in [1.82, 2.24) is 9.80 Å². The van der Waals surface area contributed by atoms with Crippen LogP contribution in [0.15, 0.2) is 63.2 Å². The number of alkyl halides is 3. The quantitative estimate of drug-likeness (QED) is 0.271. The number of nitrogens with two attached hydrogens (primary N) is 1. The summed E-state index contributed by atoms with van der Waals surface area (Å²) < 4.78 is 57.3. The Kier molecular flexibility index (Phi) is 14.7. The van der Waals surface area contributed by atoms with E-state index in [1.165, 1.54) is 23.9 Å². The predicted octanol–water partition coefficient (Wildman–Crippen LogP) is 5.06. The van der Waals surface area contributed by atoms with E-state index in [4.69, 9.17) is 9.88 Å². The van der Waals surface area contributed by atoms with E-state index in [1.54, 1.807) is 11.0 Å². The molecule has 1 saturated heterocycles. The summed E-state index contributed by atoms with van der Waals surface area (Å²) in [6.07, 6.45) is 0.0747. The number of halogens is 3. The van der Waals surface area contributed by atoms with Gasteiger partial charge in [-0.2, -0.15) is 13.2 Å². The van der Waals surface area contributed by atoms with Gasteiger partial charge in [0.2, 0.25) is 5.91 Å². The average Bonchev–Trinajstić information content (AvgIpc) is 2.96. The number of benzene rings is 2. The lowest BCUT2D eigenvalue weighted by Crippen LogP contribution is -2.43. The second-order valence-electron chi connectivity index (χ2n) is 8.64. The van der Waals surface area contributed by atoms with Crippen LogP contribution in [0.2, 0.25) is 0 Å². The zero-order valence-corrected chi connectivity index (χ0v) is 24.9. The molecular formula is C26H37F3N4O3S3. The average molecular weight is 607 g/mol. The molecule has 3 rings (SSSR count). The van der Waals surface area contributed by atoms with Crippen molar-refractivity contribution < 1.29 is 26.9 Å². The van der Waals surface area contributed by atoms with Gasteiger partial charge >= 0.3 is 5.51 Å². The molecule has 2 atom stereocenters. The number of hydrogen-bond acceptors (Lipinski definition) is 8. The van der Waals surface area contributed by atoms with E-state index in [-0.39, 0.29) is 18.0 Å². The van der Waals surface area contributed by atoms with E-state index in [2.05, 4.69) is 31.1 Å². The van der Waals surface area contributed by atoms with Crippen LogP contribution in [0, 0.1) is 0 Å². The maximum absolute atomic E-state index is 13.3. The summed E-state index contributed by atoms with van der Waals surface area (Å²) in [5.74, 6) is 0.308. The Morgan fingerprint density at radius 2 is 1.77 bits per heavy atom. The van der Waals surface area contributed by atoms with Gasteiger partial charge < -0.3 is 19.9 Å². The van der Waals surface area contributed by atoms with Crippen LogP contribution in [0.5, 0.6) is 0 Å². The number of anilines is 1. The van der Waals surface area contributed by atoms with Gasteiger partial charge in [-0.1, -0.05) is 32.0 Å². The fraction of sp³-hybridized carbons (Fsp3) is 0.500. The van der Waals surface area contributed by atoms with Crippen molar-refractivity contribution in [2.75, 3.05) is 57.5 Å². The Hall–Kier alpha value is -1.77. The van der Waals surface area contributed by atoms with E-state index < -0.39 is 27.2 Å². The molecule has 0 saturated carbocycles. The highest BCUT2D eigenvalue weighted by Gasteiger charge is 2.39. The van der Waals surface area contributed by atoms with Gasteiger partial charge in [-0.25, -0.2) is 4.21 Å². The minimum Gasteiger partial charge on any atom is -0.380 e. The minimum absolute atomic E-state index is 0.0666. The maximum Gasteiger partial charge on any atom is 0.475 e. The molecule has 0 radical (unpaired) electrons. The summed E-state index contributed by atoms with van der Waals surface area (Å²) in [6, 6.07) is 13.1. The largest absolute Gasteiger partial charge is 0.475 e. The highest BCUT2D eigenvalue weighted by molar-refractivity contribution is 7.99. The number of morpholine rings is 1. The second-order valence-corrected chi connectivity index (χ2v) is 11.9. The van der Waals surface area contributed by atoms with Crippen molar-refractivity contribution in [2.24, 2.45) is 5.14 Å². The minimum atomic E-state index is -4.92. The highest BCUT2D eigenvalue weighted by atomic mass is 32.2. The van der Waals surface area contributed by atoms with Gasteiger partial charge in [-0.3, -0.25) is 9.93 Å². The SMILES string of the molecule is CCN(C)CC.NSc1ccc(NC(CSc2ccccc2)CC(=O)N2CCOCC2)c(S(=O)C(F)(F)F)c1. The first-order chi connectivity index (χ1) is 18.6. The van der Waals surface area contributed by atoms with Crippen molar-refractivity contribution >= 4 is 46.1 Å². The number of ether oxygens (including phenoxy) is 1. The van der Waals surface area contributed by atoms with Gasteiger partial charge in [0.15, 0.2) is 10.8 Å². The Morgan fingerprint density at radius 3 is 2.31 bits per heavy atom. The molecule has 1 heterocycles. The summed E-state index contributed by atoms with van der Waals surface area (Å²) >= 11 is 2.25. The van der Waals surface area contributed by atoms with Crippen LogP contribution in [0.4, 0.5) is 18.9 Å². The van der Waals surface area contributed by atoms with Crippen molar-refractivity contribution in [2.45, 2.75) is 46.5 Å². The van der Waals surface area contributed by atoms with Gasteiger partial charge in [0.25, 0.3) is 0 Å². The summed E-state index contributed by atoms with van der Waals surface area (Å²) in [5.41, 5.74) is -4.86. The number of carbonyl (C=O) groups excluding carboxylic acids is 1. The van der Waals surface area contributed by atoms with E-state index >= 15 is 0 Å². The van der Waals surface area contributed by atoms with E-state index in [1.807, 2.05) is 30.3 Å².